The molecule has 0 bridgehead atoms. The van der Waals surface area contributed by atoms with E-state index in [2.05, 4.69) is 24.1 Å². The number of thiocarbonyl (C=S) groups is 1. The number of nitrogens with one attached hydrogen (secondary N) is 1. The molecule has 0 radical (unpaired) electrons. The molecule has 0 atom stereocenters. The van der Waals surface area contributed by atoms with Gasteiger partial charge in [0.2, 0.25) is 10.0 Å². The monoisotopic (exact) mass is 383 g/mol. The van der Waals surface area contributed by atoms with Crippen LogP contribution in [0.3, 0.4) is 0 Å². The van der Waals surface area contributed by atoms with Crippen molar-refractivity contribution >= 4 is 27.4 Å². The highest BCUT2D eigenvalue weighted by Gasteiger charge is 2.29. The van der Waals surface area contributed by atoms with Crippen molar-refractivity contribution in [3.63, 3.8) is 0 Å². The zero-order chi connectivity index (χ0) is 18.3. The van der Waals surface area contributed by atoms with E-state index in [1.165, 1.54) is 5.56 Å². The molecule has 0 spiro atoms. The van der Waals surface area contributed by atoms with E-state index in [1.54, 1.807) is 16.4 Å². The van der Waals surface area contributed by atoms with Crippen LogP contribution in [0.5, 0.6) is 0 Å². The number of nitrogens with zero attached hydrogens (tertiary/aromatic N) is 2. The van der Waals surface area contributed by atoms with Crippen molar-refractivity contribution in [2.75, 3.05) is 32.7 Å². The molecular formula is C18H29N3O2S2. The van der Waals surface area contributed by atoms with Crippen molar-refractivity contribution in [1.29, 1.82) is 0 Å². The summed E-state index contributed by atoms with van der Waals surface area (Å²) >= 11 is 5.40. The normalized spacial score (nSPS) is 16.0. The first-order chi connectivity index (χ1) is 12.0. The topological polar surface area (TPSA) is 52.6 Å². The predicted octanol–water partition coefficient (Wildman–Crippen LogP) is 2.62. The molecule has 7 heteroatoms. The molecule has 1 fully saturated rings. The molecule has 0 amide bonds. The van der Waals surface area contributed by atoms with Crippen LogP contribution in [0.2, 0.25) is 0 Å². The predicted molar refractivity (Wildman–Crippen MR) is 106 cm³/mol. The lowest BCUT2D eigenvalue weighted by Crippen LogP contribution is -2.53. The van der Waals surface area contributed by atoms with Crippen molar-refractivity contribution in [3.8, 4) is 0 Å². The van der Waals surface area contributed by atoms with Crippen LogP contribution in [-0.4, -0.2) is 55.5 Å². The van der Waals surface area contributed by atoms with Crippen LogP contribution in [0.1, 0.15) is 38.7 Å². The summed E-state index contributed by atoms with van der Waals surface area (Å²) in [5, 5.41) is 3.98. The first-order valence-electron chi connectivity index (χ1n) is 9.11. The Hall–Kier alpha value is -1.18. The minimum atomic E-state index is -3.42. The summed E-state index contributed by atoms with van der Waals surface area (Å²) in [6.07, 6.45) is 4.24. The third kappa shape index (κ3) is 5.39. The summed E-state index contributed by atoms with van der Waals surface area (Å²) in [7, 11) is -3.42. The maximum Gasteiger partial charge on any atom is 0.243 e. The molecule has 1 saturated heterocycles. The summed E-state index contributed by atoms with van der Waals surface area (Å²) in [5.74, 6) is 0. The average Bonchev–Trinajstić information content (AvgIpc) is 2.63. The maximum absolute atomic E-state index is 12.8. The highest BCUT2D eigenvalue weighted by molar-refractivity contribution is 7.89. The van der Waals surface area contributed by atoms with E-state index in [4.69, 9.17) is 12.2 Å². The smallest absolute Gasteiger partial charge is 0.243 e. The Morgan fingerprint density at radius 1 is 1.08 bits per heavy atom. The summed E-state index contributed by atoms with van der Waals surface area (Å²) in [5.41, 5.74) is 1.18. The fraction of sp³-hybridized carbons (Fsp3) is 0.611. The van der Waals surface area contributed by atoms with E-state index in [0.29, 0.717) is 31.1 Å². The fourth-order valence-electron chi connectivity index (χ4n) is 2.88. The van der Waals surface area contributed by atoms with E-state index in [-0.39, 0.29) is 0 Å². The van der Waals surface area contributed by atoms with Crippen molar-refractivity contribution in [2.45, 2.75) is 44.4 Å². The van der Waals surface area contributed by atoms with Gasteiger partial charge in [0.05, 0.1) is 4.90 Å². The lowest BCUT2D eigenvalue weighted by molar-refractivity contribution is 0.264. The number of benzene rings is 1. The molecule has 140 valence electrons. The van der Waals surface area contributed by atoms with Crippen molar-refractivity contribution in [3.05, 3.63) is 29.8 Å². The molecule has 0 aliphatic carbocycles. The van der Waals surface area contributed by atoms with E-state index in [0.717, 1.165) is 37.3 Å². The first-order valence-corrected chi connectivity index (χ1v) is 11.0. The molecule has 0 aromatic heterocycles. The Morgan fingerprint density at radius 3 is 2.28 bits per heavy atom. The van der Waals surface area contributed by atoms with Gasteiger partial charge in [0.15, 0.2) is 5.11 Å². The van der Waals surface area contributed by atoms with E-state index in [1.807, 2.05) is 12.1 Å². The first kappa shape index (κ1) is 20.1. The minimum absolute atomic E-state index is 0.379. The third-order valence-electron chi connectivity index (χ3n) is 4.43. The number of rotatable bonds is 7. The largest absolute Gasteiger partial charge is 0.363 e. The Morgan fingerprint density at radius 2 is 1.72 bits per heavy atom. The maximum atomic E-state index is 12.8. The van der Waals surface area contributed by atoms with Crippen LogP contribution in [-0.2, 0) is 16.4 Å². The highest BCUT2D eigenvalue weighted by atomic mass is 32.2. The number of hydrogen-bond acceptors (Lipinski definition) is 3. The lowest BCUT2D eigenvalue weighted by atomic mass is 10.1. The molecule has 0 saturated carbocycles. The molecule has 0 unspecified atom stereocenters. The van der Waals surface area contributed by atoms with Gasteiger partial charge in [0, 0.05) is 32.7 Å². The molecule has 25 heavy (non-hydrogen) atoms. The molecule has 1 aromatic carbocycles. The van der Waals surface area contributed by atoms with Crippen LogP contribution < -0.4 is 5.32 Å². The number of unbranched alkanes of at least 4 members (excludes halogenated alkanes) is 1. The Balaban J connectivity index is 1.93. The van der Waals surface area contributed by atoms with Gasteiger partial charge in [-0.15, -0.1) is 0 Å². The number of aryl methyl sites for hydroxylation is 1. The number of sulfonamides is 1. The quantitative estimate of drug-likeness (QED) is 0.579. The molecule has 5 nitrogen and oxygen atoms in total. The van der Waals surface area contributed by atoms with Crippen LogP contribution in [0.4, 0.5) is 0 Å². The second kappa shape index (κ2) is 9.50. The van der Waals surface area contributed by atoms with E-state index in [9.17, 15) is 8.42 Å². The van der Waals surface area contributed by atoms with Crippen LogP contribution in [0.15, 0.2) is 29.2 Å². The Kier molecular flexibility index (Phi) is 7.65. The molecule has 1 aromatic rings. The molecule has 1 heterocycles. The van der Waals surface area contributed by atoms with Gasteiger partial charge < -0.3 is 10.2 Å². The third-order valence-corrected chi connectivity index (χ3v) is 6.75. The molecule has 1 aliphatic rings. The Labute approximate surface area is 157 Å². The fourth-order valence-corrected chi connectivity index (χ4v) is 4.59. The van der Waals surface area contributed by atoms with E-state index < -0.39 is 10.0 Å². The minimum Gasteiger partial charge on any atom is -0.363 e. The van der Waals surface area contributed by atoms with Crippen LogP contribution in [0, 0.1) is 0 Å². The van der Waals surface area contributed by atoms with Gasteiger partial charge in [-0.05, 0) is 42.8 Å². The van der Waals surface area contributed by atoms with Gasteiger partial charge >= 0.3 is 0 Å². The average molecular weight is 384 g/mol. The Bertz CT molecular complexity index is 651. The lowest BCUT2D eigenvalue weighted by Gasteiger charge is -2.35. The molecule has 1 aliphatic heterocycles. The molecule has 2 rings (SSSR count). The standard InChI is InChI=1S/C18H29N3O2S2/c1-3-5-11-19-18(24)20-12-14-21(15-13-20)25(22,23)17-9-7-16(6-4-2)8-10-17/h7-10H,3-6,11-15H2,1-2H3,(H,19,24). The van der Waals surface area contributed by atoms with Gasteiger partial charge in [0.25, 0.3) is 0 Å². The van der Waals surface area contributed by atoms with Gasteiger partial charge in [-0.2, -0.15) is 4.31 Å². The van der Waals surface area contributed by atoms with Crippen molar-refractivity contribution < 1.29 is 8.42 Å². The van der Waals surface area contributed by atoms with Crippen LogP contribution >= 0.6 is 12.2 Å². The molecule has 1 N–H and O–H groups in total. The highest BCUT2D eigenvalue weighted by Crippen LogP contribution is 2.19. The zero-order valence-corrected chi connectivity index (χ0v) is 16.8. The van der Waals surface area contributed by atoms with Gasteiger partial charge in [-0.1, -0.05) is 38.8 Å². The number of hydrogen-bond donors (Lipinski definition) is 1. The van der Waals surface area contributed by atoms with Gasteiger partial charge in [-0.3, -0.25) is 0 Å². The summed E-state index contributed by atoms with van der Waals surface area (Å²) in [6, 6.07) is 7.28. The van der Waals surface area contributed by atoms with Crippen molar-refractivity contribution in [2.24, 2.45) is 0 Å². The summed E-state index contributed by atoms with van der Waals surface area (Å²) in [6.45, 7) is 7.33. The number of piperazine rings is 1. The second-order valence-electron chi connectivity index (χ2n) is 6.37. The zero-order valence-electron chi connectivity index (χ0n) is 15.2. The van der Waals surface area contributed by atoms with Gasteiger partial charge in [-0.25, -0.2) is 8.42 Å². The summed E-state index contributed by atoms with van der Waals surface area (Å²) in [4.78, 5) is 2.44. The summed E-state index contributed by atoms with van der Waals surface area (Å²) < 4.78 is 27.2. The molecular weight excluding hydrogens is 354 g/mol. The van der Waals surface area contributed by atoms with Crippen LogP contribution in [0.25, 0.3) is 0 Å². The second-order valence-corrected chi connectivity index (χ2v) is 8.70. The van der Waals surface area contributed by atoms with Crippen molar-refractivity contribution in [1.82, 2.24) is 14.5 Å². The van der Waals surface area contributed by atoms with E-state index >= 15 is 0 Å². The van der Waals surface area contributed by atoms with Gasteiger partial charge in [0.1, 0.15) is 0 Å². The SMILES string of the molecule is CCCCNC(=S)N1CCN(S(=O)(=O)c2ccc(CCC)cc2)CC1.